The molecule has 0 aliphatic carbocycles. The van der Waals surface area contributed by atoms with E-state index in [1.807, 2.05) is 24.3 Å². The minimum Gasteiger partial charge on any atom is -0.337 e. The second-order valence-corrected chi connectivity index (χ2v) is 6.92. The summed E-state index contributed by atoms with van der Waals surface area (Å²) in [6, 6.07) is 8.71. The summed E-state index contributed by atoms with van der Waals surface area (Å²) < 4.78 is 0. The van der Waals surface area contributed by atoms with Crippen LogP contribution in [0.5, 0.6) is 0 Å². The SMILES string of the molecule is C[C@@H]1CCC[C@H](C)N1C(=O)CSc1nncc2ccccc12. The largest absolute Gasteiger partial charge is 0.337 e. The van der Waals surface area contributed by atoms with E-state index in [2.05, 4.69) is 28.9 Å². The Bertz CT molecular complexity index is 661. The standard InChI is InChI=1S/C17H21N3OS/c1-12-6-5-7-13(2)20(12)16(21)11-22-17-15-9-4-3-8-14(15)10-18-19-17/h3-4,8-10,12-13H,5-7,11H2,1-2H3/t12-,13+. The number of likely N-dealkylation sites (tertiary alicyclic amines) is 1. The first-order chi connectivity index (χ1) is 10.7. The van der Waals surface area contributed by atoms with E-state index in [9.17, 15) is 4.79 Å². The van der Waals surface area contributed by atoms with Gasteiger partial charge in [0.15, 0.2) is 0 Å². The molecule has 1 saturated heterocycles. The molecule has 2 aromatic rings. The van der Waals surface area contributed by atoms with Crippen LogP contribution < -0.4 is 0 Å². The predicted octanol–water partition coefficient (Wildman–Crippen LogP) is 3.51. The number of thioether (sulfide) groups is 1. The van der Waals surface area contributed by atoms with Gasteiger partial charge in [-0.2, -0.15) is 5.10 Å². The third-order valence-electron chi connectivity index (χ3n) is 4.35. The molecule has 2 heterocycles. The van der Waals surface area contributed by atoms with Gasteiger partial charge in [0, 0.05) is 22.9 Å². The van der Waals surface area contributed by atoms with Gasteiger partial charge in [0.05, 0.1) is 11.9 Å². The summed E-state index contributed by atoms with van der Waals surface area (Å²) in [5.74, 6) is 0.636. The van der Waals surface area contributed by atoms with Gasteiger partial charge in [-0.25, -0.2) is 0 Å². The Morgan fingerprint density at radius 3 is 2.77 bits per heavy atom. The van der Waals surface area contributed by atoms with Crippen LogP contribution in [0.25, 0.3) is 10.8 Å². The van der Waals surface area contributed by atoms with Crippen molar-refractivity contribution in [3.05, 3.63) is 30.5 Å². The van der Waals surface area contributed by atoms with Crippen LogP contribution >= 0.6 is 11.8 Å². The number of hydrogen-bond acceptors (Lipinski definition) is 4. The maximum atomic E-state index is 12.6. The van der Waals surface area contributed by atoms with E-state index in [4.69, 9.17) is 0 Å². The van der Waals surface area contributed by atoms with E-state index in [-0.39, 0.29) is 5.91 Å². The Kier molecular flexibility index (Phi) is 4.62. The number of amides is 1. The molecule has 1 aliphatic rings. The van der Waals surface area contributed by atoms with Crippen LogP contribution in [-0.4, -0.2) is 38.8 Å². The molecule has 4 nitrogen and oxygen atoms in total. The Labute approximate surface area is 135 Å². The van der Waals surface area contributed by atoms with Crippen molar-refractivity contribution in [1.82, 2.24) is 15.1 Å². The topological polar surface area (TPSA) is 46.1 Å². The van der Waals surface area contributed by atoms with Gasteiger partial charge in [0.1, 0.15) is 5.03 Å². The van der Waals surface area contributed by atoms with Crippen molar-refractivity contribution >= 4 is 28.4 Å². The Balaban J connectivity index is 1.72. The molecule has 22 heavy (non-hydrogen) atoms. The first kappa shape index (κ1) is 15.3. The van der Waals surface area contributed by atoms with Crippen LogP contribution in [-0.2, 0) is 4.79 Å². The Hall–Kier alpha value is -1.62. The van der Waals surface area contributed by atoms with Crippen molar-refractivity contribution in [2.24, 2.45) is 0 Å². The summed E-state index contributed by atoms with van der Waals surface area (Å²) in [5.41, 5.74) is 0. The van der Waals surface area contributed by atoms with Crippen molar-refractivity contribution in [3.8, 4) is 0 Å². The molecule has 116 valence electrons. The maximum absolute atomic E-state index is 12.6. The minimum atomic E-state index is 0.208. The zero-order chi connectivity index (χ0) is 15.5. The van der Waals surface area contributed by atoms with Gasteiger partial charge in [-0.05, 0) is 33.1 Å². The van der Waals surface area contributed by atoms with Crippen LogP contribution in [0.15, 0.2) is 35.5 Å². The molecule has 1 aromatic heterocycles. The van der Waals surface area contributed by atoms with Gasteiger partial charge in [-0.3, -0.25) is 4.79 Å². The third-order valence-corrected chi connectivity index (χ3v) is 5.32. The number of aromatic nitrogens is 2. The summed E-state index contributed by atoms with van der Waals surface area (Å²) in [6.07, 6.45) is 5.19. The summed E-state index contributed by atoms with van der Waals surface area (Å²) in [7, 11) is 0. The van der Waals surface area contributed by atoms with Crippen LogP contribution in [0.2, 0.25) is 0 Å². The molecule has 1 fully saturated rings. The summed E-state index contributed by atoms with van der Waals surface area (Å²) in [4.78, 5) is 14.6. The van der Waals surface area contributed by atoms with Crippen molar-refractivity contribution < 1.29 is 4.79 Å². The van der Waals surface area contributed by atoms with Crippen LogP contribution in [0.1, 0.15) is 33.1 Å². The monoisotopic (exact) mass is 315 g/mol. The van der Waals surface area contributed by atoms with E-state index >= 15 is 0 Å². The normalized spacial score (nSPS) is 22.0. The van der Waals surface area contributed by atoms with Crippen molar-refractivity contribution in [3.63, 3.8) is 0 Å². The highest BCUT2D eigenvalue weighted by Gasteiger charge is 2.28. The first-order valence-electron chi connectivity index (χ1n) is 7.81. The smallest absolute Gasteiger partial charge is 0.233 e. The number of nitrogens with zero attached hydrogens (tertiary/aromatic N) is 3. The zero-order valence-electron chi connectivity index (χ0n) is 13.0. The molecule has 0 radical (unpaired) electrons. The fourth-order valence-electron chi connectivity index (χ4n) is 3.23. The fraction of sp³-hybridized carbons (Fsp3) is 0.471. The van der Waals surface area contributed by atoms with Crippen molar-refractivity contribution in [2.45, 2.75) is 50.2 Å². The third kappa shape index (κ3) is 3.09. The lowest BCUT2D eigenvalue weighted by atomic mass is 9.98. The average molecular weight is 315 g/mol. The number of piperidine rings is 1. The highest BCUT2D eigenvalue weighted by atomic mass is 32.2. The van der Waals surface area contributed by atoms with Gasteiger partial charge in [0.2, 0.25) is 5.91 Å². The fourth-order valence-corrected chi connectivity index (χ4v) is 4.08. The molecular weight excluding hydrogens is 294 g/mol. The van der Waals surface area contributed by atoms with Crippen LogP contribution in [0, 0.1) is 0 Å². The molecule has 0 bridgehead atoms. The number of benzene rings is 1. The summed E-state index contributed by atoms with van der Waals surface area (Å²) in [5, 5.41) is 11.2. The van der Waals surface area contributed by atoms with Gasteiger partial charge in [0.25, 0.3) is 0 Å². The number of carbonyl (C=O) groups excluding carboxylic acids is 1. The van der Waals surface area contributed by atoms with E-state index < -0.39 is 0 Å². The van der Waals surface area contributed by atoms with Gasteiger partial charge < -0.3 is 4.90 Å². The second-order valence-electron chi connectivity index (χ2n) is 5.96. The lowest BCUT2D eigenvalue weighted by Gasteiger charge is -2.39. The maximum Gasteiger partial charge on any atom is 0.233 e. The molecule has 3 rings (SSSR count). The van der Waals surface area contributed by atoms with Crippen molar-refractivity contribution in [2.75, 3.05) is 5.75 Å². The average Bonchev–Trinajstić information content (AvgIpc) is 2.52. The molecule has 0 N–H and O–H groups in total. The van der Waals surface area contributed by atoms with E-state index in [1.54, 1.807) is 6.20 Å². The minimum absolute atomic E-state index is 0.208. The predicted molar refractivity (Wildman–Crippen MR) is 89.9 cm³/mol. The van der Waals surface area contributed by atoms with Crippen molar-refractivity contribution in [1.29, 1.82) is 0 Å². The summed E-state index contributed by atoms with van der Waals surface area (Å²) >= 11 is 1.49. The van der Waals surface area contributed by atoms with E-state index in [0.29, 0.717) is 17.8 Å². The summed E-state index contributed by atoms with van der Waals surface area (Å²) in [6.45, 7) is 4.30. The Morgan fingerprint density at radius 1 is 1.27 bits per heavy atom. The molecule has 5 heteroatoms. The second kappa shape index (κ2) is 6.65. The highest BCUT2D eigenvalue weighted by Crippen LogP contribution is 2.27. The van der Waals surface area contributed by atoms with Crippen LogP contribution in [0.3, 0.4) is 0 Å². The molecule has 0 spiro atoms. The van der Waals surface area contributed by atoms with Crippen LogP contribution in [0.4, 0.5) is 0 Å². The zero-order valence-corrected chi connectivity index (χ0v) is 13.8. The number of hydrogen-bond donors (Lipinski definition) is 0. The van der Waals surface area contributed by atoms with E-state index in [0.717, 1.165) is 28.6 Å². The quantitative estimate of drug-likeness (QED) is 0.813. The molecule has 0 saturated carbocycles. The molecule has 1 amide bonds. The van der Waals surface area contributed by atoms with Gasteiger partial charge in [-0.15, -0.1) is 5.10 Å². The lowest BCUT2D eigenvalue weighted by molar-refractivity contribution is -0.134. The van der Waals surface area contributed by atoms with E-state index in [1.165, 1.54) is 18.2 Å². The highest BCUT2D eigenvalue weighted by molar-refractivity contribution is 8.00. The van der Waals surface area contributed by atoms with Gasteiger partial charge >= 0.3 is 0 Å². The number of rotatable bonds is 3. The lowest BCUT2D eigenvalue weighted by Crippen LogP contribution is -2.48. The first-order valence-corrected chi connectivity index (χ1v) is 8.80. The Morgan fingerprint density at radius 2 is 2.00 bits per heavy atom. The molecular formula is C17H21N3OS. The molecule has 1 aromatic carbocycles. The molecule has 2 atom stereocenters. The molecule has 1 aliphatic heterocycles. The number of fused-ring (bicyclic) bond motifs is 1. The number of carbonyl (C=O) groups is 1. The molecule has 0 unspecified atom stereocenters. The van der Waals surface area contributed by atoms with Gasteiger partial charge in [-0.1, -0.05) is 36.0 Å².